The summed E-state index contributed by atoms with van der Waals surface area (Å²) in [5.74, 6) is -2.69. The molecule has 0 bridgehead atoms. The van der Waals surface area contributed by atoms with Crippen molar-refractivity contribution in [3.63, 3.8) is 0 Å². The highest BCUT2D eigenvalue weighted by Gasteiger charge is 2.33. The first-order valence-electron chi connectivity index (χ1n) is 11.6. The van der Waals surface area contributed by atoms with E-state index in [1.54, 1.807) is 41.6 Å². The number of rotatable bonds is 5. The Labute approximate surface area is 207 Å². The van der Waals surface area contributed by atoms with Crippen molar-refractivity contribution in [2.24, 2.45) is 0 Å². The van der Waals surface area contributed by atoms with Gasteiger partial charge in [-0.15, -0.1) is 0 Å². The Kier molecular flexibility index (Phi) is 7.31. The highest BCUT2D eigenvalue weighted by atomic mass is 32.2. The first-order chi connectivity index (χ1) is 16.6. The quantitative estimate of drug-likeness (QED) is 0.471. The van der Waals surface area contributed by atoms with Gasteiger partial charge in [0.1, 0.15) is 5.82 Å². The minimum Gasteiger partial charge on any atom is -0.356 e. The third kappa shape index (κ3) is 5.75. The molecule has 1 amide bonds. The zero-order chi connectivity index (χ0) is 25.2. The summed E-state index contributed by atoms with van der Waals surface area (Å²) in [4.78, 5) is 20.6. The number of pyridine rings is 1. The van der Waals surface area contributed by atoms with Crippen molar-refractivity contribution in [2.45, 2.75) is 43.9 Å². The van der Waals surface area contributed by atoms with E-state index >= 15 is 0 Å². The molecule has 1 fully saturated rings. The Morgan fingerprint density at radius 3 is 2.54 bits per heavy atom. The van der Waals surface area contributed by atoms with Gasteiger partial charge in [0.2, 0.25) is 5.92 Å². The van der Waals surface area contributed by atoms with Gasteiger partial charge in [-0.2, -0.15) is 0 Å². The summed E-state index contributed by atoms with van der Waals surface area (Å²) in [6.45, 7) is 4.38. The molecule has 1 saturated heterocycles. The van der Waals surface area contributed by atoms with Crippen LogP contribution in [0, 0.1) is 13.8 Å². The smallest absolute Gasteiger partial charge is 0.259 e. The van der Waals surface area contributed by atoms with E-state index in [1.807, 2.05) is 38.1 Å². The molecule has 1 aliphatic rings. The van der Waals surface area contributed by atoms with E-state index in [2.05, 4.69) is 10.3 Å². The summed E-state index contributed by atoms with van der Waals surface area (Å²) >= 11 is 0. The SMILES string of the molecule is Cc1ccc(-c2cnc(N3CCCC(F)(F)CC3)c(C(=O)Nc3cccc(S(C)=O)c3)c2C)cc1. The lowest BCUT2D eigenvalue weighted by atomic mass is 9.97. The van der Waals surface area contributed by atoms with Crippen LogP contribution in [0.3, 0.4) is 0 Å². The Hall–Kier alpha value is -3.13. The highest BCUT2D eigenvalue weighted by Crippen LogP contribution is 2.34. The maximum Gasteiger partial charge on any atom is 0.259 e. The molecular formula is C27H29F2N3O2S. The lowest BCUT2D eigenvalue weighted by Crippen LogP contribution is -2.30. The Bertz CT molecular complexity index is 1260. The van der Waals surface area contributed by atoms with Crippen molar-refractivity contribution in [3.05, 3.63) is 71.4 Å². The number of halogens is 2. The number of carbonyl (C=O) groups is 1. The molecule has 1 aliphatic heterocycles. The maximum atomic E-state index is 14.0. The van der Waals surface area contributed by atoms with Gasteiger partial charge in [-0.3, -0.25) is 9.00 Å². The van der Waals surface area contributed by atoms with Crippen LogP contribution in [0.4, 0.5) is 20.3 Å². The summed E-state index contributed by atoms with van der Waals surface area (Å²) in [5, 5.41) is 2.91. The zero-order valence-electron chi connectivity index (χ0n) is 20.1. The number of hydrogen-bond donors (Lipinski definition) is 1. The summed E-state index contributed by atoms with van der Waals surface area (Å²) in [7, 11) is -1.19. The van der Waals surface area contributed by atoms with Crippen LogP contribution in [0.1, 0.15) is 40.7 Å². The molecule has 4 rings (SSSR count). The van der Waals surface area contributed by atoms with Crippen LogP contribution >= 0.6 is 0 Å². The molecule has 1 unspecified atom stereocenters. The minimum atomic E-state index is -2.72. The van der Waals surface area contributed by atoms with Crippen molar-refractivity contribution < 1.29 is 17.8 Å². The number of aromatic nitrogens is 1. The number of anilines is 2. The first kappa shape index (κ1) is 25.0. The fourth-order valence-electron chi connectivity index (χ4n) is 4.35. The van der Waals surface area contributed by atoms with Crippen LogP contribution in [-0.2, 0) is 10.8 Å². The molecule has 1 atom stereocenters. The van der Waals surface area contributed by atoms with Crippen LogP contribution in [-0.4, -0.2) is 40.4 Å². The van der Waals surface area contributed by atoms with E-state index in [0.717, 1.165) is 22.3 Å². The number of amides is 1. The molecule has 5 nitrogen and oxygen atoms in total. The van der Waals surface area contributed by atoms with Crippen molar-refractivity contribution in [2.75, 3.05) is 29.6 Å². The van der Waals surface area contributed by atoms with Gasteiger partial charge in [-0.05, 0) is 49.6 Å². The van der Waals surface area contributed by atoms with Gasteiger partial charge in [0, 0.05) is 65.3 Å². The average Bonchev–Trinajstić information content (AvgIpc) is 3.00. The van der Waals surface area contributed by atoms with Crippen molar-refractivity contribution >= 4 is 28.2 Å². The normalized spacial score (nSPS) is 16.4. The molecule has 3 aromatic rings. The minimum absolute atomic E-state index is 0.119. The number of benzene rings is 2. The third-order valence-electron chi connectivity index (χ3n) is 6.35. The van der Waals surface area contributed by atoms with E-state index in [1.165, 1.54) is 0 Å². The molecule has 1 N–H and O–H groups in total. The van der Waals surface area contributed by atoms with Crippen molar-refractivity contribution in [1.82, 2.24) is 4.98 Å². The van der Waals surface area contributed by atoms with E-state index in [9.17, 15) is 17.8 Å². The van der Waals surface area contributed by atoms with Gasteiger partial charge in [-0.25, -0.2) is 13.8 Å². The predicted molar refractivity (Wildman–Crippen MR) is 137 cm³/mol. The zero-order valence-corrected chi connectivity index (χ0v) is 20.9. The molecule has 0 aliphatic carbocycles. The molecule has 8 heteroatoms. The second kappa shape index (κ2) is 10.2. The Morgan fingerprint density at radius 1 is 1.09 bits per heavy atom. The lowest BCUT2D eigenvalue weighted by Gasteiger charge is -2.26. The molecule has 184 valence electrons. The van der Waals surface area contributed by atoms with E-state index < -0.39 is 16.7 Å². The largest absolute Gasteiger partial charge is 0.356 e. The predicted octanol–water partition coefficient (Wildman–Crippen LogP) is 5.98. The fraction of sp³-hybridized carbons (Fsp3) is 0.333. The summed E-state index contributed by atoms with van der Waals surface area (Å²) in [6.07, 6.45) is 3.16. The molecule has 35 heavy (non-hydrogen) atoms. The third-order valence-corrected chi connectivity index (χ3v) is 7.27. The number of aryl methyl sites for hydroxylation is 1. The van der Waals surface area contributed by atoms with Gasteiger partial charge < -0.3 is 10.2 Å². The van der Waals surface area contributed by atoms with Crippen LogP contribution < -0.4 is 10.2 Å². The van der Waals surface area contributed by atoms with Crippen LogP contribution in [0.5, 0.6) is 0 Å². The number of nitrogens with zero attached hydrogens (tertiary/aromatic N) is 2. The van der Waals surface area contributed by atoms with E-state index in [-0.39, 0.29) is 25.3 Å². The molecule has 2 aromatic carbocycles. The second-order valence-corrected chi connectivity index (χ2v) is 10.4. The summed E-state index contributed by atoms with van der Waals surface area (Å²) < 4.78 is 40.0. The molecule has 0 saturated carbocycles. The lowest BCUT2D eigenvalue weighted by molar-refractivity contribution is -0.0102. The number of alkyl halides is 2. The topological polar surface area (TPSA) is 62.3 Å². The van der Waals surface area contributed by atoms with Crippen molar-refractivity contribution in [3.8, 4) is 11.1 Å². The fourth-order valence-corrected chi connectivity index (χ4v) is 4.91. The first-order valence-corrected chi connectivity index (χ1v) is 13.1. The van der Waals surface area contributed by atoms with Crippen LogP contribution in [0.25, 0.3) is 11.1 Å². The highest BCUT2D eigenvalue weighted by molar-refractivity contribution is 7.84. The monoisotopic (exact) mass is 497 g/mol. The van der Waals surface area contributed by atoms with Crippen LogP contribution in [0.15, 0.2) is 59.6 Å². The van der Waals surface area contributed by atoms with Gasteiger partial charge in [0.15, 0.2) is 0 Å². The van der Waals surface area contributed by atoms with Crippen LogP contribution in [0.2, 0.25) is 0 Å². The molecule has 2 heterocycles. The standard InChI is InChI=1S/C27H29F2N3O2S/c1-18-8-10-20(11-9-18)23-17-30-25(32-14-5-12-27(28,29)13-15-32)24(19(23)2)26(33)31-21-6-4-7-22(16-21)35(3)34/h4,6-11,16-17H,5,12-15H2,1-3H3,(H,31,33). The Balaban J connectivity index is 1.77. The molecule has 0 spiro atoms. The van der Waals surface area contributed by atoms with Gasteiger partial charge >= 0.3 is 0 Å². The van der Waals surface area contributed by atoms with Gasteiger partial charge in [0.25, 0.3) is 5.91 Å². The molecular weight excluding hydrogens is 468 g/mol. The van der Waals surface area contributed by atoms with Crippen molar-refractivity contribution in [1.29, 1.82) is 0 Å². The summed E-state index contributed by atoms with van der Waals surface area (Å²) in [5.41, 5.74) is 4.44. The molecule has 0 radical (unpaired) electrons. The maximum absolute atomic E-state index is 14.0. The second-order valence-electron chi connectivity index (χ2n) is 8.99. The number of hydrogen-bond acceptors (Lipinski definition) is 4. The summed E-state index contributed by atoms with van der Waals surface area (Å²) in [6, 6.07) is 14.8. The average molecular weight is 498 g/mol. The number of nitrogens with one attached hydrogen (secondary N) is 1. The van der Waals surface area contributed by atoms with E-state index in [4.69, 9.17) is 0 Å². The Morgan fingerprint density at radius 2 is 1.83 bits per heavy atom. The van der Waals surface area contributed by atoms with E-state index in [0.29, 0.717) is 34.9 Å². The molecule has 1 aromatic heterocycles. The van der Waals surface area contributed by atoms with Gasteiger partial charge in [-0.1, -0.05) is 35.9 Å². The number of carbonyl (C=O) groups excluding carboxylic acids is 1. The van der Waals surface area contributed by atoms with Gasteiger partial charge in [0.05, 0.1) is 5.56 Å².